The Hall–Kier alpha value is -4.58. The van der Waals surface area contributed by atoms with Crippen molar-refractivity contribution in [1.82, 2.24) is 15.2 Å². The van der Waals surface area contributed by atoms with Crippen LogP contribution in [-0.2, 0) is 16.4 Å². The molecule has 2 aliphatic heterocycles. The molecule has 0 aliphatic carbocycles. The molecule has 220 valence electrons. The number of aliphatic hydroxyl groups excluding tert-OH is 1. The van der Waals surface area contributed by atoms with E-state index in [-0.39, 0.29) is 27.8 Å². The second-order valence-corrected chi connectivity index (χ2v) is 12.3. The van der Waals surface area contributed by atoms with Gasteiger partial charge in [-0.2, -0.15) is 0 Å². The summed E-state index contributed by atoms with van der Waals surface area (Å²) in [6, 6.07) is 20.4. The van der Waals surface area contributed by atoms with Gasteiger partial charge in [0.15, 0.2) is 0 Å². The van der Waals surface area contributed by atoms with E-state index in [1.807, 2.05) is 30.3 Å². The van der Waals surface area contributed by atoms with E-state index >= 15 is 0 Å². The lowest BCUT2D eigenvalue weighted by Gasteiger charge is -2.27. The summed E-state index contributed by atoms with van der Waals surface area (Å²) in [5.41, 5.74) is 4.00. The Morgan fingerprint density at radius 3 is 2.63 bits per heavy atom. The molecule has 3 N–H and O–H groups in total. The number of fused-ring (bicyclic) bond motifs is 2. The van der Waals surface area contributed by atoms with E-state index in [4.69, 9.17) is 4.74 Å². The SMILES string of the molecule is CN1C(=O)c2ccc(NS(=O)(=O)c3cccc(-c4ccc5c(c4)CCC(CNCC(O)c4cccnc4)O5)c3)cc2C1=O. The summed E-state index contributed by atoms with van der Waals surface area (Å²) in [4.78, 5) is 29.6. The van der Waals surface area contributed by atoms with Gasteiger partial charge in [0.1, 0.15) is 11.9 Å². The van der Waals surface area contributed by atoms with E-state index in [9.17, 15) is 23.1 Å². The summed E-state index contributed by atoms with van der Waals surface area (Å²) in [6.07, 6.45) is 4.24. The molecule has 4 aromatic rings. The van der Waals surface area contributed by atoms with Gasteiger partial charge in [-0.25, -0.2) is 8.42 Å². The zero-order valence-electron chi connectivity index (χ0n) is 23.4. The smallest absolute Gasteiger partial charge is 0.261 e. The highest BCUT2D eigenvalue weighted by atomic mass is 32.2. The normalized spacial score (nSPS) is 16.8. The lowest BCUT2D eigenvalue weighted by Crippen LogP contribution is -2.36. The van der Waals surface area contributed by atoms with Gasteiger partial charge >= 0.3 is 0 Å². The zero-order chi connectivity index (χ0) is 30.1. The average Bonchev–Trinajstić information content (AvgIpc) is 3.24. The third kappa shape index (κ3) is 5.87. The molecule has 3 aromatic carbocycles. The van der Waals surface area contributed by atoms with Crippen LogP contribution in [0.1, 0.15) is 44.4 Å². The summed E-state index contributed by atoms with van der Waals surface area (Å²) >= 11 is 0. The topological polar surface area (TPSA) is 138 Å². The third-order valence-corrected chi connectivity index (χ3v) is 9.07. The Morgan fingerprint density at radius 2 is 1.81 bits per heavy atom. The Bertz CT molecular complexity index is 1810. The maximum Gasteiger partial charge on any atom is 0.261 e. The molecule has 2 aliphatic rings. The predicted octanol–water partition coefficient (Wildman–Crippen LogP) is 3.79. The highest BCUT2D eigenvalue weighted by Crippen LogP contribution is 2.33. The van der Waals surface area contributed by atoms with Crippen LogP contribution in [0.5, 0.6) is 5.75 Å². The minimum Gasteiger partial charge on any atom is -0.489 e. The molecule has 10 nitrogen and oxygen atoms in total. The van der Waals surface area contributed by atoms with Gasteiger partial charge in [0.25, 0.3) is 21.8 Å². The fraction of sp³-hybridized carbons (Fsp3) is 0.219. The largest absolute Gasteiger partial charge is 0.489 e. The number of amides is 2. The van der Waals surface area contributed by atoms with E-state index in [2.05, 4.69) is 15.0 Å². The number of anilines is 1. The first-order chi connectivity index (χ1) is 20.7. The molecule has 43 heavy (non-hydrogen) atoms. The number of pyridine rings is 1. The van der Waals surface area contributed by atoms with E-state index in [1.165, 1.54) is 31.3 Å². The van der Waals surface area contributed by atoms with Gasteiger partial charge in [-0.1, -0.05) is 24.3 Å². The van der Waals surface area contributed by atoms with Crippen LogP contribution in [0.25, 0.3) is 11.1 Å². The molecular formula is C32H30N4O6S. The van der Waals surface area contributed by atoms with Crippen LogP contribution in [0, 0.1) is 0 Å². The van der Waals surface area contributed by atoms with Crippen molar-refractivity contribution in [3.05, 3.63) is 107 Å². The number of carbonyl (C=O) groups is 2. The maximum atomic E-state index is 13.3. The predicted molar refractivity (Wildman–Crippen MR) is 160 cm³/mol. The number of hydrogen-bond donors (Lipinski definition) is 3. The average molecular weight is 599 g/mol. The van der Waals surface area contributed by atoms with Crippen molar-refractivity contribution in [1.29, 1.82) is 0 Å². The minimum atomic E-state index is -3.98. The van der Waals surface area contributed by atoms with E-state index in [0.29, 0.717) is 13.1 Å². The number of nitrogens with zero attached hydrogens (tertiary/aromatic N) is 2. The zero-order valence-corrected chi connectivity index (χ0v) is 24.2. The number of benzene rings is 3. The van der Waals surface area contributed by atoms with Crippen molar-refractivity contribution in [2.24, 2.45) is 0 Å². The van der Waals surface area contributed by atoms with Crippen molar-refractivity contribution >= 4 is 27.5 Å². The quantitative estimate of drug-likeness (QED) is 0.248. The van der Waals surface area contributed by atoms with Gasteiger partial charge in [-0.15, -0.1) is 0 Å². The lowest BCUT2D eigenvalue weighted by atomic mass is 9.97. The number of sulfonamides is 1. The monoisotopic (exact) mass is 598 g/mol. The van der Waals surface area contributed by atoms with Gasteiger partial charge in [-0.3, -0.25) is 24.2 Å². The molecule has 0 spiro atoms. The van der Waals surface area contributed by atoms with E-state index in [1.54, 1.807) is 30.6 Å². The number of rotatable bonds is 9. The molecule has 1 aromatic heterocycles. The first-order valence-corrected chi connectivity index (χ1v) is 15.4. The van der Waals surface area contributed by atoms with Gasteiger partial charge in [0.05, 0.1) is 22.1 Å². The summed E-state index contributed by atoms with van der Waals surface area (Å²) in [7, 11) is -2.59. The first kappa shape index (κ1) is 28.5. The highest BCUT2D eigenvalue weighted by molar-refractivity contribution is 7.92. The Labute approximate surface area is 249 Å². The number of aliphatic hydroxyl groups is 1. The number of imide groups is 1. The molecule has 0 saturated carbocycles. The molecule has 2 amide bonds. The standard InChI is InChI=1S/C32H30N4O6S/c1-36-31(38)27-11-9-24(16-28(27)32(36)39)35-43(40,41)26-6-2-4-20(15-26)21-8-12-30-22(14-21)7-10-25(42-30)18-34-19-29(37)23-5-3-13-33-17-23/h2-6,8-9,11-17,25,29,34-35,37H,7,10,18-19H2,1H3. The second-order valence-electron chi connectivity index (χ2n) is 10.6. The molecule has 11 heteroatoms. The Balaban J connectivity index is 1.11. The lowest BCUT2D eigenvalue weighted by molar-refractivity contribution is 0.0693. The van der Waals surface area contributed by atoms with Crippen LogP contribution in [0.2, 0.25) is 0 Å². The van der Waals surface area contributed by atoms with Crippen molar-refractivity contribution in [2.45, 2.75) is 29.9 Å². The molecule has 3 heterocycles. The molecule has 0 bridgehead atoms. The van der Waals surface area contributed by atoms with Gasteiger partial charge < -0.3 is 15.2 Å². The van der Waals surface area contributed by atoms with Gasteiger partial charge in [0, 0.05) is 43.8 Å². The Morgan fingerprint density at radius 1 is 1.00 bits per heavy atom. The number of ether oxygens (including phenoxy) is 1. The number of nitrogens with one attached hydrogen (secondary N) is 2. The van der Waals surface area contributed by atoms with E-state index in [0.717, 1.165) is 45.7 Å². The Kier molecular flexibility index (Phi) is 7.70. The van der Waals surface area contributed by atoms with Gasteiger partial charge in [-0.05, 0) is 78.1 Å². The third-order valence-electron chi connectivity index (χ3n) is 7.69. The fourth-order valence-electron chi connectivity index (χ4n) is 5.32. The van der Waals surface area contributed by atoms with Gasteiger partial charge in [0.2, 0.25) is 0 Å². The maximum absolute atomic E-state index is 13.3. The summed E-state index contributed by atoms with van der Waals surface area (Å²) in [5, 5.41) is 13.6. The first-order valence-electron chi connectivity index (χ1n) is 13.9. The van der Waals surface area contributed by atoms with Crippen molar-refractivity contribution < 1.29 is 27.9 Å². The second kappa shape index (κ2) is 11.6. The van der Waals surface area contributed by atoms with E-state index < -0.39 is 27.9 Å². The van der Waals surface area contributed by atoms with Crippen LogP contribution in [0.4, 0.5) is 5.69 Å². The highest BCUT2D eigenvalue weighted by Gasteiger charge is 2.33. The molecule has 2 unspecified atom stereocenters. The summed E-state index contributed by atoms with van der Waals surface area (Å²) < 4.78 is 35.2. The molecule has 0 fully saturated rings. The number of aryl methyl sites for hydroxylation is 1. The number of hydrogen-bond acceptors (Lipinski definition) is 8. The van der Waals surface area contributed by atoms with Crippen LogP contribution in [0.3, 0.4) is 0 Å². The van der Waals surface area contributed by atoms with Crippen LogP contribution >= 0.6 is 0 Å². The molecule has 0 saturated heterocycles. The minimum absolute atomic E-state index is 0.0352. The van der Waals surface area contributed by atoms with Crippen molar-refractivity contribution in [3.8, 4) is 16.9 Å². The molecular weight excluding hydrogens is 568 g/mol. The van der Waals surface area contributed by atoms with Crippen molar-refractivity contribution in [2.75, 3.05) is 24.9 Å². The summed E-state index contributed by atoms with van der Waals surface area (Å²) in [6.45, 7) is 0.990. The number of aromatic nitrogens is 1. The van der Waals surface area contributed by atoms with Crippen LogP contribution < -0.4 is 14.8 Å². The van der Waals surface area contributed by atoms with Crippen molar-refractivity contribution in [3.63, 3.8) is 0 Å². The number of carbonyl (C=O) groups excluding carboxylic acids is 2. The summed E-state index contributed by atoms with van der Waals surface area (Å²) in [5.74, 6) is -0.0987. The fourth-order valence-corrected chi connectivity index (χ4v) is 6.42. The molecule has 0 radical (unpaired) electrons. The molecule has 6 rings (SSSR count). The molecule has 2 atom stereocenters. The van der Waals surface area contributed by atoms with Crippen LogP contribution in [0.15, 0.2) is 90.1 Å². The van der Waals surface area contributed by atoms with Crippen LogP contribution in [-0.4, -0.2) is 61.5 Å².